The fourth-order valence-electron chi connectivity index (χ4n) is 3.14. The summed E-state index contributed by atoms with van der Waals surface area (Å²) in [4.78, 5) is 11.8. The molecule has 0 N–H and O–H groups in total. The molecule has 0 bridgehead atoms. The maximum absolute atomic E-state index is 12.1. The third-order valence-corrected chi connectivity index (χ3v) is 4.12. The van der Waals surface area contributed by atoms with E-state index >= 15 is 0 Å². The van der Waals surface area contributed by atoms with Crippen LogP contribution in [0.5, 0.6) is 0 Å². The van der Waals surface area contributed by atoms with Crippen LogP contribution in [0.15, 0.2) is 0 Å². The second kappa shape index (κ2) is 5.19. The van der Waals surface area contributed by atoms with Gasteiger partial charge in [0.1, 0.15) is 5.78 Å². The summed E-state index contributed by atoms with van der Waals surface area (Å²) in [5.74, 6) is -0.457. The molecule has 0 aromatic heterocycles. The van der Waals surface area contributed by atoms with Gasteiger partial charge in [-0.3, -0.25) is 4.79 Å². The van der Waals surface area contributed by atoms with Crippen molar-refractivity contribution in [2.45, 2.75) is 63.1 Å². The smallest absolute Gasteiger partial charge is 0.375 e. The minimum absolute atomic E-state index is 0.198. The Morgan fingerprint density at radius 3 is 2.56 bits per heavy atom. The van der Waals surface area contributed by atoms with E-state index in [1.807, 2.05) is 0 Å². The Bertz CT molecular complexity index is 306. The summed E-state index contributed by atoms with van der Waals surface area (Å²) in [7, 11) is 0. The van der Waals surface area contributed by atoms with E-state index < -0.39 is 12.6 Å². The SMILES string of the molecule is O=C(CCC(F)(F)F)C1CCOC2(CCCC2)C1. The number of ketones is 1. The van der Waals surface area contributed by atoms with Crippen LogP contribution in [-0.4, -0.2) is 24.2 Å². The maximum Gasteiger partial charge on any atom is 0.389 e. The molecule has 0 amide bonds. The first kappa shape index (κ1) is 13.8. The summed E-state index contributed by atoms with van der Waals surface area (Å²) in [6.45, 7) is 0.516. The predicted octanol–water partition coefficient (Wildman–Crippen LogP) is 3.64. The Morgan fingerprint density at radius 2 is 1.94 bits per heavy atom. The number of rotatable bonds is 3. The molecule has 2 rings (SSSR count). The van der Waals surface area contributed by atoms with Crippen LogP contribution in [0.2, 0.25) is 0 Å². The van der Waals surface area contributed by atoms with Gasteiger partial charge in [0.2, 0.25) is 0 Å². The maximum atomic E-state index is 12.1. The molecule has 2 aliphatic rings. The minimum Gasteiger partial charge on any atom is -0.375 e. The molecule has 104 valence electrons. The lowest BCUT2D eigenvalue weighted by Crippen LogP contribution is -2.39. The lowest BCUT2D eigenvalue weighted by Gasteiger charge is -2.37. The number of ether oxygens (including phenoxy) is 1. The molecule has 1 saturated heterocycles. The molecule has 2 nitrogen and oxygen atoms in total. The first-order chi connectivity index (χ1) is 8.40. The Morgan fingerprint density at radius 1 is 1.28 bits per heavy atom. The van der Waals surface area contributed by atoms with Crippen LogP contribution in [0.3, 0.4) is 0 Å². The molecule has 1 saturated carbocycles. The molecule has 1 atom stereocenters. The highest BCUT2D eigenvalue weighted by Gasteiger charge is 2.42. The molecule has 0 aromatic carbocycles. The third kappa shape index (κ3) is 3.46. The van der Waals surface area contributed by atoms with E-state index in [0.29, 0.717) is 19.4 Å². The van der Waals surface area contributed by atoms with Crippen molar-refractivity contribution in [2.75, 3.05) is 6.61 Å². The molecule has 1 aliphatic heterocycles. The fraction of sp³-hybridized carbons (Fsp3) is 0.923. The van der Waals surface area contributed by atoms with Crippen LogP contribution >= 0.6 is 0 Å². The molecule has 5 heteroatoms. The van der Waals surface area contributed by atoms with Crippen molar-refractivity contribution >= 4 is 5.78 Å². The first-order valence-electron chi connectivity index (χ1n) is 6.64. The lowest BCUT2D eigenvalue weighted by molar-refractivity contribution is -0.150. The predicted molar refractivity (Wildman–Crippen MR) is 60.2 cm³/mol. The molecule has 18 heavy (non-hydrogen) atoms. The molecular formula is C13H19F3O2. The second-order valence-corrected chi connectivity index (χ2v) is 5.51. The van der Waals surface area contributed by atoms with Crippen LogP contribution in [0.4, 0.5) is 13.2 Å². The summed E-state index contributed by atoms with van der Waals surface area (Å²) in [5, 5.41) is 0. The number of halogens is 3. The van der Waals surface area contributed by atoms with Crippen LogP contribution in [0, 0.1) is 5.92 Å². The van der Waals surface area contributed by atoms with E-state index in [2.05, 4.69) is 0 Å². The number of carbonyl (C=O) groups is 1. The minimum atomic E-state index is -4.23. The second-order valence-electron chi connectivity index (χ2n) is 5.51. The number of hydrogen-bond donors (Lipinski definition) is 0. The van der Waals surface area contributed by atoms with Gasteiger partial charge in [-0.15, -0.1) is 0 Å². The van der Waals surface area contributed by atoms with Gasteiger partial charge in [0.05, 0.1) is 12.0 Å². The fourth-order valence-corrected chi connectivity index (χ4v) is 3.14. The van der Waals surface area contributed by atoms with Crippen molar-refractivity contribution in [2.24, 2.45) is 5.92 Å². The van der Waals surface area contributed by atoms with Crippen LogP contribution in [0.1, 0.15) is 51.4 Å². The first-order valence-corrected chi connectivity index (χ1v) is 6.64. The third-order valence-electron chi connectivity index (χ3n) is 4.12. The summed E-state index contributed by atoms with van der Waals surface area (Å²) in [6.07, 6.45) is -0.270. The molecule has 1 spiro atoms. The average Bonchev–Trinajstić information content (AvgIpc) is 2.73. The van der Waals surface area contributed by atoms with Crippen molar-refractivity contribution in [3.8, 4) is 0 Å². The molecule has 1 unspecified atom stereocenters. The summed E-state index contributed by atoms with van der Waals surface area (Å²) in [6, 6.07) is 0. The van der Waals surface area contributed by atoms with E-state index in [1.165, 1.54) is 0 Å². The number of Topliss-reactive ketones (excluding diaryl/α,β-unsaturated/α-hetero) is 1. The Kier molecular flexibility index (Phi) is 3.99. The van der Waals surface area contributed by atoms with E-state index in [0.717, 1.165) is 25.7 Å². The summed E-state index contributed by atoms with van der Waals surface area (Å²) >= 11 is 0. The lowest BCUT2D eigenvalue weighted by atomic mass is 9.81. The average molecular weight is 264 g/mol. The quantitative estimate of drug-likeness (QED) is 0.778. The Labute approximate surface area is 105 Å². The highest BCUT2D eigenvalue weighted by Crippen LogP contribution is 2.42. The van der Waals surface area contributed by atoms with Crippen molar-refractivity contribution in [3.05, 3.63) is 0 Å². The van der Waals surface area contributed by atoms with Gasteiger partial charge in [0.15, 0.2) is 0 Å². The summed E-state index contributed by atoms with van der Waals surface area (Å²) < 4.78 is 42.1. The van der Waals surface area contributed by atoms with Gasteiger partial charge >= 0.3 is 6.18 Å². The Balaban J connectivity index is 1.86. The van der Waals surface area contributed by atoms with Crippen molar-refractivity contribution in [1.29, 1.82) is 0 Å². The Hall–Kier alpha value is -0.580. The molecule has 1 heterocycles. The highest BCUT2D eigenvalue weighted by molar-refractivity contribution is 5.81. The van der Waals surface area contributed by atoms with E-state index in [-0.39, 0.29) is 23.7 Å². The summed E-state index contributed by atoms with van der Waals surface area (Å²) in [5.41, 5.74) is -0.198. The molecule has 2 fully saturated rings. The number of hydrogen-bond acceptors (Lipinski definition) is 2. The van der Waals surface area contributed by atoms with Crippen molar-refractivity contribution in [1.82, 2.24) is 0 Å². The standard InChI is InChI=1S/C13H19F3O2/c14-13(15,16)7-3-11(17)10-4-8-18-12(9-10)5-1-2-6-12/h10H,1-9H2. The normalized spacial score (nSPS) is 27.6. The molecule has 0 radical (unpaired) electrons. The zero-order valence-electron chi connectivity index (χ0n) is 10.4. The van der Waals surface area contributed by atoms with Gasteiger partial charge in [-0.2, -0.15) is 13.2 Å². The molecule has 0 aromatic rings. The molecular weight excluding hydrogens is 245 g/mol. The van der Waals surface area contributed by atoms with Crippen molar-refractivity contribution in [3.63, 3.8) is 0 Å². The van der Waals surface area contributed by atoms with Gasteiger partial charge in [0.25, 0.3) is 0 Å². The van der Waals surface area contributed by atoms with Crippen LogP contribution in [-0.2, 0) is 9.53 Å². The molecule has 1 aliphatic carbocycles. The van der Waals surface area contributed by atoms with Crippen LogP contribution in [0.25, 0.3) is 0 Å². The highest BCUT2D eigenvalue weighted by atomic mass is 19.4. The van der Waals surface area contributed by atoms with Gasteiger partial charge in [-0.05, 0) is 25.7 Å². The number of alkyl halides is 3. The van der Waals surface area contributed by atoms with Gasteiger partial charge in [0, 0.05) is 18.9 Å². The van der Waals surface area contributed by atoms with Crippen molar-refractivity contribution < 1.29 is 22.7 Å². The number of carbonyl (C=O) groups excluding carboxylic acids is 1. The van der Waals surface area contributed by atoms with Gasteiger partial charge < -0.3 is 4.74 Å². The zero-order chi connectivity index (χ0) is 13.2. The largest absolute Gasteiger partial charge is 0.389 e. The topological polar surface area (TPSA) is 26.3 Å². The van der Waals surface area contributed by atoms with Gasteiger partial charge in [-0.25, -0.2) is 0 Å². The van der Waals surface area contributed by atoms with Gasteiger partial charge in [-0.1, -0.05) is 12.8 Å². The van der Waals surface area contributed by atoms with E-state index in [9.17, 15) is 18.0 Å². The zero-order valence-corrected chi connectivity index (χ0v) is 10.4. The van der Waals surface area contributed by atoms with E-state index in [1.54, 1.807) is 0 Å². The van der Waals surface area contributed by atoms with Crippen LogP contribution < -0.4 is 0 Å². The monoisotopic (exact) mass is 264 g/mol. The van der Waals surface area contributed by atoms with E-state index in [4.69, 9.17) is 4.74 Å².